The third-order valence-corrected chi connectivity index (χ3v) is 4.26. The maximum Gasteiger partial charge on any atom is 0.145 e. The van der Waals surface area contributed by atoms with E-state index in [9.17, 15) is 0 Å². The fourth-order valence-corrected chi connectivity index (χ4v) is 3.30. The highest BCUT2D eigenvalue weighted by molar-refractivity contribution is 6.16. The molecule has 21 heavy (non-hydrogen) atoms. The largest absolute Gasteiger partial charge is 0.455 e. The van der Waals surface area contributed by atoms with Gasteiger partial charge in [0.2, 0.25) is 0 Å². The van der Waals surface area contributed by atoms with E-state index in [0.29, 0.717) is 0 Å². The Labute approximate surface area is 121 Å². The van der Waals surface area contributed by atoms with Gasteiger partial charge in [-0.15, -0.1) is 0 Å². The van der Waals surface area contributed by atoms with Crippen molar-refractivity contribution in [1.29, 1.82) is 0 Å². The van der Waals surface area contributed by atoms with Crippen LogP contribution < -0.4 is 0 Å². The molecule has 1 aliphatic carbocycles. The summed E-state index contributed by atoms with van der Waals surface area (Å²) in [7, 11) is 0. The van der Waals surface area contributed by atoms with Crippen LogP contribution in [0, 0.1) is 0 Å². The number of hydrogen-bond donors (Lipinski definition) is 1. The second-order valence-electron chi connectivity index (χ2n) is 5.47. The Morgan fingerprint density at radius 3 is 2.90 bits per heavy atom. The van der Waals surface area contributed by atoms with Crippen molar-refractivity contribution in [1.82, 2.24) is 4.98 Å². The standard InChI is InChI=1S/C19H13NO/c1-2-7-14-15(8-3-1)20-16-11-10-13-12-6-4-5-9-17(12)21-19(13)18(14)16/h1-7,9-11,20H,8H2. The molecule has 0 unspecified atom stereocenters. The first-order valence-corrected chi connectivity index (χ1v) is 7.20. The van der Waals surface area contributed by atoms with E-state index in [1.165, 1.54) is 27.4 Å². The van der Waals surface area contributed by atoms with Crippen molar-refractivity contribution in [3.05, 3.63) is 65.9 Å². The maximum atomic E-state index is 6.16. The average Bonchev–Trinajstić information content (AvgIpc) is 2.97. The fourth-order valence-electron chi connectivity index (χ4n) is 3.30. The van der Waals surface area contributed by atoms with E-state index < -0.39 is 0 Å². The zero-order chi connectivity index (χ0) is 13.8. The van der Waals surface area contributed by atoms with Gasteiger partial charge in [-0.25, -0.2) is 0 Å². The van der Waals surface area contributed by atoms with E-state index >= 15 is 0 Å². The molecule has 2 heteroatoms. The Morgan fingerprint density at radius 2 is 1.90 bits per heavy atom. The molecule has 2 nitrogen and oxygen atoms in total. The minimum absolute atomic E-state index is 0.929. The maximum absolute atomic E-state index is 6.16. The van der Waals surface area contributed by atoms with Crippen LogP contribution in [0.1, 0.15) is 11.3 Å². The first-order valence-electron chi connectivity index (χ1n) is 7.20. The van der Waals surface area contributed by atoms with Crippen LogP contribution in [0.25, 0.3) is 38.9 Å². The van der Waals surface area contributed by atoms with Crippen molar-refractivity contribution in [3.8, 4) is 0 Å². The van der Waals surface area contributed by atoms with Gasteiger partial charge >= 0.3 is 0 Å². The normalized spacial score (nSPS) is 14.1. The number of rotatable bonds is 0. The average molecular weight is 271 g/mol. The molecule has 2 aromatic carbocycles. The lowest BCUT2D eigenvalue weighted by Crippen LogP contribution is -1.81. The van der Waals surface area contributed by atoms with Gasteiger partial charge in [-0.1, -0.05) is 42.5 Å². The Balaban J connectivity index is 2.02. The van der Waals surface area contributed by atoms with Crippen molar-refractivity contribution in [2.75, 3.05) is 0 Å². The first-order chi connectivity index (χ1) is 10.4. The molecule has 0 spiro atoms. The number of furan rings is 1. The van der Waals surface area contributed by atoms with Crippen LogP contribution in [0.3, 0.4) is 0 Å². The third-order valence-electron chi connectivity index (χ3n) is 4.26. The van der Waals surface area contributed by atoms with Crippen molar-refractivity contribution in [2.24, 2.45) is 0 Å². The lowest BCUT2D eigenvalue weighted by molar-refractivity contribution is 0.672. The van der Waals surface area contributed by atoms with Crippen LogP contribution in [0.2, 0.25) is 0 Å². The second kappa shape index (κ2) is 3.89. The van der Waals surface area contributed by atoms with Crippen molar-refractivity contribution in [3.63, 3.8) is 0 Å². The van der Waals surface area contributed by atoms with Gasteiger partial charge in [0, 0.05) is 28.5 Å². The molecule has 0 fully saturated rings. The van der Waals surface area contributed by atoms with Crippen LogP contribution in [-0.4, -0.2) is 4.98 Å². The topological polar surface area (TPSA) is 28.9 Å². The minimum Gasteiger partial charge on any atom is -0.455 e. The Bertz CT molecular complexity index is 1060. The summed E-state index contributed by atoms with van der Waals surface area (Å²) in [4.78, 5) is 3.53. The second-order valence-corrected chi connectivity index (χ2v) is 5.47. The molecule has 1 aliphatic rings. The van der Waals surface area contributed by atoms with Crippen LogP contribution in [0.15, 0.2) is 59.0 Å². The fraction of sp³-hybridized carbons (Fsp3) is 0.0526. The molecule has 0 bridgehead atoms. The van der Waals surface area contributed by atoms with Crippen LogP contribution in [0.5, 0.6) is 0 Å². The number of aromatic nitrogens is 1. The first kappa shape index (κ1) is 11.0. The number of benzene rings is 2. The molecular weight excluding hydrogens is 258 g/mol. The lowest BCUT2D eigenvalue weighted by atomic mass is 10.1. The molecule has 4 aromatic rings. The van der Waals surface area contributed by atoms with E-state index in [1.807, 2.05) is 12.1 Å². The van der Waals surface area contributed by atoms with Gasteiger partial charge < -0.3 is 9.40 Å². The molecule has 0 saturated heterocycles. The highest BCUT2D eigenvalue weighted by Gasteiger charge is 2.16. The summed E-state index contributed by atoms with van der Waals surface area (Å²) in [6, 6.07) is 12.5. The van der Waals surface area contributed by atoms with Gasteiger partial charge in [0.25, 0.3) is 0 Å². The molecule has 5 rings (SSSR count). The summed E-state index contributed by atoms with van der Waals surface area (Å²) in [6.45, 7) is 0. The van der Waals surface area contributed by atoms with Crippen molar-refractivity contribution in [2.45, 2.75) is 6.42 Å². The quantitative estimate of drug-likeness (QED) is 0.468. The summed E-state index contributed by atoms with van der Waals surface area (Å²) >= 11 is 0. The van der Waals surface area contributed by atoms with Gasteiger partial charge in [-0.3, -0.25) is 0 Å². The van der Waals surface area contributed by atoms with E-state index in [1.54, 1.807) is 0 Å². The van der Waals surface area contributed by atoms with Crippen molar-refractivity contribution < 1.29 is 4.42 Å². The van der Waals surface area contributed by atoms with Crippen LogP contribution in [0.4, 0.5) is 0 Å². The lowest BCUT2D eigenvalue weighted by Gasteiger charge is -1.95. The summed E-state index contributed by atoms with van der Waals surface area (Å²) in [5.74, 6) is 0. The number of aromatic amines is 1. The van der Waals surface area contributed by atoms with Crippen LogP contribution in [-0.2, 0) is 6.42 Å². The van der Waals surface area contributed by atoms with Gasteiger partial charge in [0.15, 0.2) is 0 Å². The number of allylic oxidation sites excluding steroid dienone is 3. The Hall–Kier alpha value is -2.74. The van der Waals surface area contributed by atoms with Gasteiger partial charge in [-0.05, 0) is 18.2 Å². The van der Waals surface area contributed by atoms with Crippen LogP contribution >= 0.6 is 0 Å². The molecule has 0 atom stereocenters. The predicted molar refractivity (Wildman–Crippen MR) is 87.5 cm³/mol. The predicted octanol–water partition coefficient (Wildman–Crippen LogP) is 5.19. The molecule has 0 saturated carbocycles. The number of fused-ring (bicyclic) bond motifs is 7. The van der Waals surface area contributed by atoms with E-state index in [2.05, 4.69) is 53.6 Å². The summed E-state index contributed by atoms with van der Waals surface area (Å²) in [5, 5.41) is 3.56. The van der Waals surface area contributed by atoms with E-state index in [0.717, 1.165) is 23.1 Å². The smallest absolute Gasteiger partial charge is 0.145 e. The molecule has 0 radical (unpaired) electrons. The summed E-state index contributed by atoms with van der Waals surface area (Å²) in [5.41, 5.74) is 5.58. The van der Waals surface area contributed by atoms with E-state index in [-0.39, 0.29) is 0 Å². The number of para-hydroxylation sites is 1. The molecule has 0 amide bonds. The third kappa shape index (κ3) is 1.42. The molecule has 1 N–H and O–H groups in total. The van der Waals surface area contributed by atoms with E-state index in [4.69, 9.17) is 4.42 Å². The Morgan fingerprint density at radius 1 is 0.952 bits per heavy atom. The van der Waals surface area contributed by atoms with Gasteiger partial charge in [0.05, 0.1) is 10.9 Å². The summed E-state index contributed by atoms with van der Waals surface area (Å²) in [6.07, 6.45) is 9.47. The molecular formula is C19H13NO. The monoisotopic (exact) mass is 271 g/mol. The Kier molecular flexibility index (Phi) is 2.03. The highest BCUT2D eigenvalue weighted by Crippen LogP contribution is 2.37. The van der Waals surface area contributed by atoms with Crippen molar-refractivity contribution >= 4 is 38.9 Å². The number of hydrogen-bond acceptors (Lipinski definition) is 1. The minimum atomic E-state index is 0.929. The molecule has 2 heterocycles. The number of nitrogens with one attached hydrogen (secondary N) is 1. The number of H-pyrrole nitrogens is 1. The molecule has 2 aromatic heterocycles. The van der Waals surface area contributed by atoms with Gasteiger partial charge in [0.1, 0.15) is 11.2 Å². The zero-order valence-corrected chi connectivity index (χ0v) is 11.4. The SMILES string of the molecule is C1=CCc2[nH]c3ccc4c5ccccc5oc4c3c2C=C1. The highest BCUT2D eigenvalue weighted by atomic mass is 16.3. The summed E-state index contributed by atoms with van der Waals surface area (Å²) < 4.78 is 6.16. The zero-order valence-electron chi connectivity index (χ0n) is 11.4. The molecule has 0 aliphatic heterocycles. The van der Waals surface area contributed by atoms with Gasteiger partial charge in [-0.2, -0.15) is 0 Å². The molecule has 100 valence electrons.